The molecule has 2 heterocycles. The van der Waals surface area contributed by atoms with Crippen molar-refractivity contribution in [3.8, 4) is 0 Å². The highest BCUT2D eigenvalue weighted by Crippen LogP contribution is 2.28. The average molecular weight is 443 g/mol. The summed E-state index contributed by atoms with van der Waals surface area (Å²) >= 11 is 0. The van der Waals surface area contributed by atoms with Crippen molar-refractivity contribution < 1.29 is 24.6 Å². The number of carbonyl (C=O) groups is 3. The molecule has 9 nitrogen and oxygen atoms in total. The number of primary amides is 1. The Morgan fingerprint density at radius 1 is 1.06 bits per heavy atom. The Hall–Kier alpha value is -2.75. The molecule has 32 heavy (non-hydrogen) atoms. The van der Waals surface area contributed by atoms with E-state index in [0.717, 1.165) is 24.2 Å². The lowest BCUT2D eigenvalue weighted by Crippen LogP contribution is -2.55. The van der Waals surface area contributed by atoms with Crippen LogP contribution in [0, 0.1) is 5.92 Å². The lowest BCUT2D eigenvalue weighted by molar-refractivity contribution is -0.138. The molecule has 0 bridgehead atoms. The number of benzene rings is 1. The second kappa shape index (κ2) is 9.40. The summed E-state index contributed by atoms with van der Waals surface area (Å²) in [6.07, 6.45) is 0.736. The third kappa shape index (κ3) is 4.55. The lowest BCUT2D eigenvalue weighted by atomic mass is 9.87. The first-order valence-electron chi connectivity index (χ1n) is 11.1. The third-order valence-corrected chi connectivity index (χ3v) is 6.70. The van der Waals surface area contributed by atoms with Crippen LogP contribution < -0.4 is 16.4 Å². The summed E-state index contributed by atoms with van der Waals surface area (Å²) in [5.41, 5.74) is 7.77. The number of hydrogen-bond donors (Lipinski definition) is 5. The maximum absolute atomic E-state index is 13.4. The second-order valence-electron chi connectivity index (χ2n) is 8.84. The predicted octanol–water partition coefficient (Wildman–Crippen LogP) is -1.04. The van der Waals surface area contributed by atoms with Crippen LogP contribution in [0.4, 0.5) is 0 Å². The van der Waals surface area contributed by atoms with Gasteiger partial charge in [0, 0.05) is 30.9 Å². The Labute approximate surface area is 186 Å². The molecular formula is C23H30N4O5. The van der Waals surface area contributed by atoms with E-state index >= 15 is 0 Å². The van der Waals surface area contributed by atoms with Gasteiger partial charge in [-0.2, -0.15) is 0 Å². The molecule has 0 radical (unpaired) electrons. The van der Waals surface area contributed by atoms with E-state index in [4.69, 9.17) is 5.73 Å². The molecule has 2 aliphatic heterocycles. The summed E-state index contributed by atoms with van der Waals surface area (Å²) in [5, 5.41) is 26.8. The Bertz CT molecular complexity index is 927. The highest BCUT2D eigenvalue weighted by atomic mass is 16.3. The molecule has 1 aliphatic carbocycles. The Balaban J connectivity index is 1.55. The van der Waals surface area contributed by atoms with Crippen molar-refractivity contribution in [2.45, 2.75) is 56.5 Å². The van der Waals surface area contributed by atoms with Crippen LogP contribution >= 0.6 is 0 Å². The molecule has 1 aromatic rings. The smallest absolute Gasteiger partial charge is 0.250 e. The van der Waals surface area contributed by atoms with Gasteiger partial charge < -0.3 is 31.5 Å². The first kappa shape index (κ1) is 22.4. The number of hydrogen-bond acceptors (Lipinski definition) is 6. The van der Waals surface area contributed by atoms with Crippen LogP contribution in [0.3, 0.4) is 0 Å². The minimum absolute atomic E-state index is 0.0661. The maximum atomic E-state index is 13.4. The van der Waals surface area contributed by atoms with Crippen molar-refractivity contribution in [1.29, 1.82) is 0 Å². The van der Waals surface area contributed by atoms with Gasteiger partial charge in [-0.3, -0.25) is 14.4 Å². The van der Waals surface area contributed by atoms with Crippen molar-refractivity contribution in [2.24, 2.45) is 11.7 Å². The topological polar surface area (TPSA) is 145 Å². The molecule has 9 heteroatoms. The molecule has 6 N–H and O–H groups in total. The van der Waals surface area contributed by atoms with E-state index in [9.17, 15) is 24.6 Å². The van der Waals surface area contributed by atoms with Crippen LogP contribution in [0.15, 0.2) is 35.9 Å². The van der Waals surface area contributed by atoms with E-state index < -0.39 is 36.1 Å². The molecule has 4 rings (SSSR count). The molecule has 1 saturated heterocycles. The Morgan fingerprint density at radius 2 is 1.75 bits per heavy atom. The van der Waals surface area contributed by atoms with E-state index in [0.29, 0.717) is 19.3 Å². The summed E-state index contributed by atoms with van der Waals surface area (Å²) in [7, 11) is 0. The van der Waals surface area contributed by atoms with E-state index in [1.165, 1.54) is 11.0 Å². The molecule has 1 fully saturated rings. The van der Waals surface area contributed by atoms with Gasteiger partial charge >= 0.3 is 0 Å². The first-order valence-corrected chi connectivity index (χ1v) is 11.1. The number of nitrogens with two attached hydrogens (primary N) is 1. The standard InChI is InChI=1S/C23H30N4O5/c24-21(30)18-10-14-3-1-2-4-15(14)12-27(18)23(32)16-9-17(20(29)19(28)11-16)26-22(31)13-5-7-25-8-6-13/h1-4,9,13,17-20,25,28-29H,5-8,10-12H2,(H2,24,30)(H,26,31). The number of nitrogens with zero attached hydrogens (tertiary/aromatic N) is 1. The van der Waals surface area contributed by atoms with E-state index in [1.807, 2.05) is 24.3 Å². The van der Waals surface area contributed by atoms with Crippen LogP contribution in [0.25, 0.3) is 0 Å². The molecule has 0 saturated carbocycles. The maximum Gasteiger partial charge on any atom is 0.250 e. The fraction of sp³-hybridized carbons (Fsp3) is 0.522. The fourth-order valence-corrected chi connectivity index (χ4v) is 4.80. The second-order valence-corrected chi connectivity index (χ2v) is 8.84. The van der Waals surface area contributed by atoms with Crippen molar-refractivity contribution >= 4 is 17.7 Å². The van der Waals surface area contributed by atoms with Crippen molar-refractivity contribution in [2.75, 3.05) is 13.1 Å². The fourth-order valence-electron chi connectivity index (χ4n) is 4.80. The van der Waals surface area contributed by atoms with Crippen LogP contribution in [0.5, 0.6) is 0 Å². The Morgan fingerprint density at radius 3 is 2.44 bits per heavy atom. The summed E-state index contributed by atoms with van der Waals surface area (Å²) in [6.45, 7) is 1.72. The first-order chi connectivity index (χ1) is 15.3. The average Bonchev–Trinajstić information content (AvgIpc) is 2.81. The van der Waals surface area contributed by atoms with Gasteiger partial charge in [0.25, 0.3) is 5.91 Å². The van der Waals surface area contributed by atoms with Gasteiger partial charge in [-0.05, 0) is 37.1 Å². The quantitative estimate of drug-likeness (QED) is 0.403. The zero-order valence-electron chi connectivity index (χ0n) is 17.9. The van der Waals surface area contributed by atoms with Crippen LogP contribution in [-0.4, -0.2) is 70.2 Å². The zero-order chi connectivity index (χ0) is 22.8. The van der Waals surface area contributed by atoms with Gasteiger partial charge in [0.2, 0.25) is 11.8 Å². The number of nitrogens with one attached hydrogen (secondary N) is 2. The van der Waals surface area contributed by atoms with Crippen molar-refractivity contribution in [3.63, 3.8) is 0 Å². The van der Waals surface area contributed by atoms with E-state index in [1.54, 1.807) is 0 Å². The van der Waals surface area contributed by atoms with Crippen LogP contribution in [0.1, 0.15) is 30.4 Å². The van der Waals surface area contributed by atoms with E-state index in [-0.39, 0.29) is 30.4 Å². The number of fused-ring (bicyclic) bond motifs is 1. The summed E-state index contributed by atoms with van der Waals surface area (Å²) in [5.74, 6) is -1.39. The summed E-state index contributed by atoms with van der Waals surface area (Å²) < 4.78 is 0. The van der Waals surface area contributed by atoms with Gasteiger partial charge in [-0.25, -0.2) is 0 Å². The normalized spacial score (nSPS) is 28.4. The Kier molecular flexibility index (Phi) is 6.59. The molecular weight excluding hydrogens is 412 g/mol. The molecule has 4 atom stereocenters. The largest absolute Gasteiger partial charge is 0.390 e. The van der Waals surface area contributed by atoms with Gasteiger partial charge in [0.15, 0.2) is 0 Å². The zero-order valence-corrected chi connectivity index (χ0v) is 17.9. The van der Waals surface area contributed by atoms with Gasteiger partial charge in [-0.1, -0.05) is 30.3 Å². The van der Waals surface area contributed by atoms with Crippen molar-refractivity contribution in [1.82, 2.24) is 15.5 Å². The van der Waals surface area contributed by atoms with Crippen LogP contribution in [-0.2, 0) is 27.3 Å². The highest BCUT2D eigenvalue weighted by molar-refractivity contribution is 5.97. The number of rotatable bonds is 4. The number of amides is 3. The lowest BCUT2D eigenvalue weighted by Gasteiger charge is -2.38. The van der Waals surface area contributed by atoms with E-state index in [2.05, 4.69) is 10.6 Å². The number of piperidine rings is 1. The molecule has 1 aromatic carbocycles. The van der Waals surface area contributed by atoms with Crippen LogP contribution in [0.2, 0.25) is 0 Å². The molecule has 172 valence electrons. The highest BCUT2D eigenvalue weighted by Gasteiger charge is 2.39. The minimum atomic E-state index is -1.22. The number of aliphatic hydroxyl groups is 2. The minimum Gasteiger partial charge on any atom is -0.390 e. The predicted molar refractivity (Wildman–Crippen MR) is 116 cm³/mol. The molecule has 4 unspecified atom stereocenters. The number of aliphatic hydroxyl groups excluding tert-OH is 2. The molecule has 3 aliphatic rings. The molecule has 0 aromatic heterocycles. The van der Waals surface area contributed by atoms with Crippen molar-refractivity contribution in [3.05, 3.63) is 47.0 Å². The monoisotopic (exact) mass is 442 g/mol. The van der Waals surface area contributed by atoms with Gasteiger partial charge in [0.05, 0.1) is 12.1 Å². The third-order valence-electron chi connectivity index (χ3n) is 6.70. The number of carbonyl (C=O) groups excluding carboxylic acids is 3. The molecule has 0 spiro atoms. The molecule has 3 amide bonds. The summed E-state index contributed by atoms with van der Waals surface area (Å²) in [6, 6.07) is 5.89. The SMILES string of the molecule is NC(=O)C1Cc2ccccc2CN1C(=O)C1=CC(NC(=O)C2CCNCC2)C(O)C(O)C1. The van der Waals surface area contributed by atoms with Gasteiger partial charge in [-0.15, -0.1) is 0 Å². The summed E-state index contributed by atoms with van der Waals surface area (Å²) in [4.78, 5) is 39.6. The van der Waals surface area contributed by atoms with Gasteiger partial charge in [0.1, 0.15) is 12.1 Å².